The fraction of sp³-hybridized carbons (Fsp3) is 0.577. The van der Waals surface area contributed by atoms with Gasteiger partial charge in [0.05, 0.1) is 18.1 Å². The van der Waals surface area contributed by atoms with Crippen LogP contribution >= 0.6 is 0 Å². The molecule has 4 rings (SSSR count). The van der Waals surface area contributed by atoms with Crippen LogP contribution in [0.5, 0.6) is 0 Å². The van der Waals surface area contributed by atoms with Crippen LogP contribution in [0.15, 0.2) is 29.1 Å². The van der Waals surface area contributed by atoms with Crippen molar-refractivity contribution in [3.63, 3.8) is 0 Å². The second kappa shape index (κ2) is 10.3. The van der Waals surface area contributed by atoms with E-state index in [1.807, 2.05) is 29.8 Å². The van der Waals surface area contributed by atoms with E-state index >= 15 is 0 Å². The third kappa shape index (κ3) is 5.00. The molecule has 3 aromatic rings. The number of esters is 1. The van der Waals surface area contributed by atoms with Crippen molar-refractivity contribution < 1.29 is 9.53 Å². The quantitative estimate of drug-likeness (QED) is 0.491. The molecule has 35 heavy (non-hydrogen) atoms. The van der Waals surface area contributed by atoms with E-state index in [4.69, 9.17) is 4.74 Å². The monoisotopic (exact) mass is 480 g/mol. The van der Waals surface area contributed by atoms with E-state index in [9.17, 15) is 9.59 Å². The van der Waals surface area contributed by atoms with E-state index in [1.54, 1.807) is 0 Å². The molecular weight excluding hydrogens is 444 g/mol. The van der Waals surface area contributed by atoms with Gasteiger partial charge in [-0.2, -0.15) is 0 Å². The van der Waals surface area contributed by atoms with Crippen LogP contribution in [0.3, 0.4) is 0 Å². The number of nitrogens with one attached hydrogen (secondary N) is 1. The summed E-state index contributed by atoms with van der Waals surface area (Å²) in [6, 6.07) is 7.67. The molecule has 1 aliphatic rings. The molecule has 0 saturated carbocycles. The third-order valence-electron chi connectivity index (χ3n) is 7.33. The Labute approximate surface area is 205 Å². The van der Waals surface area contributed by atoms with Crippen molar-refractivity contribution in [3.05, 3.63) is 51.6 Å². The number of piperidine rings is 1. The van der Waals surface area contributed by atoms with Gasteiger partial charge in [-0.3, -0.25) is 14.5 Å². The van der Waals surface area contributed by atoms with Crippen molar-refractivity contribution in [1.82, 2.24) is 30.1 Å². The zero-order chi connectivity index (χ0) is 25.2. The van der Waals surface area contributed by atoms with E-state index in [-0.39, 0.29) is 23.0 Å². The highest BCUT2D eigenvalue weighted by Gasteiger charge is 2.37. The van der Waals surface area contributed by atoms with E-state index in [0.717, 1.165) is 23.7 Å². The van der Waals surface area contributed by atoms with Crippen LogP contribution in [0, 0.1) is 5.92 Å². The van der Waals surface area contributed by atoms with Gasteiger partial charge >= 0.3 is 5.97 Å². The summed E-state index contributed by atoms with van der Waals surface area (Å²) in [5.41, 5.74) is 2.16. The average molecular weight is 481 g/mol. The van der Waals surface area contributed by atoms with Crippen LogP contribution in [0.25, 0.3) is 10.9 Å². The number of nitrogens with zero attached hydrogens (tertiary/aromatic N) is 5. The number of fused-ring (bicyclic) bond motifs is 1. The van der Waals surface area contributed by atoms with Crippen molar-refractivity contribution in [3.8, 4) is 0 Å². The standard InChI is InChI=1S/C26H36N6O3/c1-6-17-9-10-21-19(15-17)16-20(24(33)27-21)22(23-28-29-30-32(23)26(4,5)7-2)31-13-11-18(12-14-31)25(34)35-8-3/h9-10,15-16,18,22H,6-8,11-14H2,1-5H3,(H,27,33)/t22-/m0/s1. The Hall–Kier alpha value is -3.07. The number of benzene rings is 1. The topological polar surface area (TPSA) is 106 Å². The Morgan fingerprint density at radius 1 is 1.20 bits per heavy atom. The molecule has 0 amide bonds. The molecule has 188 valence electrons. The van der Waals surface area contributed by atoms with Crippen LogP contribution in [0.1, 0.15) is 76.9 Å². The minimum absolute atomic E-state index is 0.128. The first-order valence-electron chi connectivity index (χ1n) is 12.6. The number of likely N-dealkylation sites (tertiary alicyclic amines) is 1. The first kappa shape index (κ1) is 25.0. The van der Waals surface area contributed by atoms with E-state index < -0.39 is 6.04 Å². The molecule has 0 radical (unpaired) electrons. The van der Waals surface area contributed by atoms with Gasteiger partial charge in [-0.1, -0.05) is 19.9 Å². The lowest BCUT2D eigenvalue weighted by atomic mass is 9.93. The second-order valence-corrected chi connectivity index (χ2v) is 9.91. The number of hydrogen-bond donors (Lipinski definition) is 1. The van der Waals surface area contributed by atoms with E-state index in [1.165, 1.54) is 5.56 Å². The Kier molecular flexibility index (Phi) is 7.35. The maximum Gasteiger partial charge on any atom is 0.309 e. The molecule has 1 aromatic carbocycles. The summed E-state index contributed by atoms with van der Waals surface area (Å²) in [4.78, 5) is 31.0. The summed E-state index contributed by atoms with van der Waals surface area (Å²) >= 11 is 0. The number of carbonyl (C=O) groups excluding carboxylic acids is 1. The molecule has 1 saturated heterocycles. The van der Waals surface area contributed by atoms with Crippen LogP contribution in [0.4, 0.5) is 0 Å². The van der Waals surface area contributed by atoms with E-state index in [2.05, 4.69) is 59.2 Å². The van der Waals surface area contributed by atoms with Crippen LogP contribution in [-0.4, -0.2) is 55.8 Å². The summed E-state index contributed by atoms with van der Waals surface area (Å²) in [5, 5.41) is 13.8. The maximum atomic E-state index is 13.4. The summed E-state index contributed by atoms with van der Waals surface area (Å²) in [7, 11) is 0. The number of hydrogen-bond acceptors (Lipinski definition) is 7. The number of aromatic nitrogens is 5. The molecule has 0 spiro atoms. The van der Waals surface area contributed by atoms with Crippen LogP contribution in [-0.2, 0) is 21.5 Å². The van der Waals surface area contributed by atoms with E-state index in [0.29, 0.717) is 43.9 Å². The van der Waals surface area contributed by atoms with Gasteiger partial charge in [-0.15, -0.1) is 5.10 Å². The lowest BCUT2D eigenvalue weighted by Crippen LogP contribution is -2.43. The van der Waals surface area contributed by atoms with Crippen molar-refractivity contribution in [2.24, 2.45) is 5.92 Å². The molecule has 1 fully saturated rings. The van der Waals surface area contributed by atoms with Crippen LogP contribution in [0.2, 0.25) is 0 Å². The number of H-pyrrole nitrogens is 1. The molecule has 1 N–H and O–H groups in total. The van der Waals surface area contributed by atoms with Crippen molar-refractivity contribution >= 4 is 16.9 Å². The summed E-state index contributed by atoms with van der Waals surface area (Å²) < 4.78 is 7.10. The Balaban J connectivity index is 1.80. The normalized spacial score (nSPS) is 16.5. The Bertz CT molecular complexity index is 1240. The van der Waals surface area contributed by atoms with Gasteiger partial charge in [0.1, 0.15) is 6.04 Å². The molecule has 0 aliphatic carbocycles. The molecule has 0 unspecified atom stereocenters. The van der Waals surface area contributed by atoms with Gasteiger partial charge in [0.2, 0.25) is 0 Å². The van der Waals surface area contributed by atoms with Gasteiger partial charge < -0.3 is 9.72 Å². The lowest BCUT2D eigenvalue weighted by molar-refractivity contribution is -0.149. The van der Waals surface area contributed by atoms with Gasteiger partial charge in [-0.05, 0) is 86.0 Å². The van der Waals surface area contributed by atoms with Gasteiger partial charge in [-0.25, -0.2) is 4.68 Å². The second-order valence-electron chi connectivity index (χ2n) is 9.91. The minimum atomic E-state index is -0.433. The molecule has 1 aliphatic heterocycles. The number of tetrazole rings is 1. The van der Waals surface area contributed by atoms with Crippen molar-refractivity contribution in [1.29, 1.82) is 0 Å². The molecule has 2 aromatic heterocycles. The average Bonchev–Trinajstić information content (AvgIpc) is 3.35. The fourth-order valence-corrected chi connectivity index (χ4v) is 4.79. The number of aryl methyl sites for hydroxylation is 1. The Morgan fingerprint density at radius 2 is 1.94 bits per heavy atom. The highest BCUT2D eigenvalue weighted by molar-refractivity contribution is 5.80. The number of carbonyl (C=O) groups is 1. The molecule has 9 nitrogen and oxygen atoms in total. The van der Waals surface area contributed by atoms with Crippen molar-refractivity contribution in [2.45, 2.75) is 71.9 Å². The number of pyridine rings is 1. The van der Waals surface area contributed by atoms with Gasteiger partial charge in [0.25, 0.3) is 5.56 Å². The highest BCUT2D eigenvalue weighted by Crippen LogP contribution is 2.33. The molecule has 0 bridgehead atoms. The first-order chi connectivity index (χ1) is 16.8. The molecule has 1 atom stereocenters. The number of ether oxygens (including phenoxy) is 1. The Morgan fingerprint density at radius 3 is 2.60 bits per heavy atom. The van der Waals surface area contributed by atoms with Crippen molar-refractivity contribution in [2.75, 3.05) is 19.7 Å². The lowest BCUT2D eigenvalue weighted by Gasteiger charge is -2.37. The SMILES string of the molecule is CCOC(=O)C1CCN([C@@H](c2cc3cc(CC)ccc3[nH]c2=O)c2nnnn2C(C)(C)CC)CC1. The summed E-state index contributed by atoms with van der Waals surface area (Å²) in [6.45, 7) is 11.9. The predicted molar refractivity (Wildman–Crippen MR) is 134 cm³/mol. The predicted octanol–water partition coefficient (Wildman–Crippen LogP) is 3.59. The maximum absolute atomic E-state index is 13.4. The van der Waals surface area contributed by atoms with Gasteiger partial charge in [0, 0.05) is 24.2 Å². The number of aromatic amines is 1. The fourth-order valence-electron chi connectivity index (χ4n) is 4.79. The third-order valence-corrected chi connectivity index (χ3v) is 7.33. The zero-order valence-electron chi connectivity index (χ0n) is 21.4. The first-order valence-corrected chi connectivity index (χ1v) is 12.6. The molecule has 3 heterocycles. The van der Waals surface area contributed by atoms with Gasteiger partial charge in [0.15, 0.2) is 5.82 Å². The zero-order valence-corrected chi connectivity index (χ0v) is 21.4. The molecular formula is C26H36N6O3. The smallest absolute Gasteiger partial charge is 0.309 e. The largest absolute Gasteiger partial charge is 0.466 e. The number of rotatable bonds is 8. The summed E-state index contributed by atoms with van der Waals surface area (Å²) in [6.07, 6.45) is 3.08. The van der Waals surface area contributed by atoms with Crippen LogP contribution < -0.4 is 5.56 Å². The minimum Gasteiger partial charge on any atom is -0.466 e. The summed E-state index contributed by atoms with van der Waals surface area (Å²) in [5.74, 6) is 0.371. The molecule has 9 heteroatoms. The highest BCUT2D eigenvalue weighted by atomic mass is 16.5.